The van der Waals surface area contributed by atoms with Crippen LogP contribution in [0.15, 0.2) is 42.0 Å². The molecule has 2 fully saturated rings. The average molecular weight is 505 g/mol. The van der Waals surface area contributed by atoms with Crippen molar-refractivity contribution < 1.29 is 28.9 Å². The molecule has 0 spiro atoms. The van der Waals surface area contributed by atoms with Gasteiger partial charge in [0.25, 0.3) is 11.7 Å². The highest BCUT2D eigenvalue weighted by Gasteiger charge is 2.46. The number of hydrogen-bond donors (Lipinski definition) is 1. The maximum atomic E-state index is 13.2. The Kier molecular flexibility index (Phi) is 6.40. The Hall–Kier alpha value is -2.78. The predicted octanol–water partition coefficient (Wildman–Crippen LogP) is 3.48. The second-order valence-corrected chi connectivity index (χ2v) is 9.00. The minimum Gasteiger partial charge on any atom is -0.507 e. The van der Waals surface area contributed by atoms with Crippen LogP contribution >= 0.6 is 23.2 Å². The molecule has 8 nitrogen and oxygen atoms in total. The van der Waals surface area contributed by atoms with Gasteiger partial charge in [0.05, 0.1) is 34.9 Å². The van der Waals surface area contributed by atoms with E-state index < -0.39 is 17.7 Å². The van der Waals surface area contributed by atoms with Crippen LogP contribution in [-0.2, 0) is 14.3 Å². The number of likely N-dealkylation sites (tertiary alicyclic amines) is 1. The van der Waals surface area contributed by atoms with Gasteiger partial charge < -0.3 is 24.2 Å². The topological polar surface area (TPSA) is 88.5 Å². The molecule has 0 radical (unpaired) electrons. The number of nitrogens with zero attached hydrogens (tertiary/aromatic N) is 2. The van der Waals surface area contributed by atoms with Gasteiger partial charge in [-0.1, -0.05) is 29.3 Å². The molecule has 1 amide bonds. The molecule has 0 aliphatic carbocycles. The molecule has 2 aromatic carbocycles. The summed E-state index contributed by atoms with van der Waals surface area (Å²) in [6, 6.07) is 8.98. The van der Waals surface area contributed by atoms with E-state index in [1.807, 2.05) is 0 Å². The molecule has 5 rings (SSSR count). The van der Waals surface area contributed by atoms with E-state index >= 15 is 0 Å². The van der Waals surface area contributed by atoms with Gasteiger partial charge in [0, 0.05) is 31.7 Å². The number of benzene rings is 2. The first-order valence-electron chi connectivity index (χ1n) is 10.9. The van der Waals surface area contributed by atoms with E-state index in [0.717, 1.165) is 13.1 Å². The average Bonchev–Trinajstić information content (AvgIpc) is 3.42. The number of carbonyl (C=O) groups is 2. The SMILES string of the molecule is O=C1C(=O)N(CCN2CCOCC2)C(c2ccc(Cl)c(Cl)c2)C1=C(O)c1ccc2c(c1)OCO2. The normalized spacial score (nSPS) is 21.9. The van der Waals surface area contributed by atoms with Crippen LogP contribution in [0.5, 0.6) is 11.5 Å². The lowest BCUT2D eigenvalue weighted by atomic mass is 9.95. The molecule has 2 saturated heterocycles. The van der Waals surface area contributed by atoms with E-state index in [1.54, 1.807) is 36.4 Å². The summed E-state index contributed by atoms with van der Waals surface area (Å²) in [5.41, 5.74) is 0.919. The van der Waals surface area contributed by atoms with Crippen molar-refractivity contribution in [3.63, 3.8) is 0 Å². The molecule has 178 valence electrons. The van der Waals surface area contributed by atoms with Gasteiger partial charge in [0.15, 0.2) is 11.5 Å². The Labute approximate surface area is 206 Å². The lowest BCUT2D eigenvalue weighted by Crippen LogP contribution is -2.42. The summed E-state index contributed by atoms with van der Waals surface area (Å²) in [4.78, 5) is 30.0. The van der Waals surface area contributed by atoms with Crippen LogP contribution in [0.3, 0.4) is 0 Å². The van der Waals surface area contributed by atoms with E-state index in [-0.39, 0.29) is 18.1 Å². The van der Waals surface area contributed by atoms with Gasteiger partial charge in [0.1, 0.15) is 5.76 Å². The fourth-order valence-corrected chi connectivity index (χ4v) is 4.72. The standard InChI is InChI=1S/C24H22Cl2N2O6/c25-16-3-1-14(11-17(16)26)21-20(22(29)15-2-4-18-19(12-15)34-13-33-18)23(30)24(31)28(21)6-5-27-7-9-32-10-8-27/h1-4,11-12,21,29H,5-10,13H2. The highest BCUT2D eigenvalue weighted by Crippen LogP contribution is 2.42. The Morgan fingerprint density at radius 1 is 0.971 bits per heavy atom. The molecule has 34 heavy (non-hydrogen) atoms. The number of ether oxygens (including phenoxy) is 3. The first kappa shape index (κ1) is 23.0. The fraction of sp³-hybridized carbons (Fsp3) is 0.333. The zero-order chi connectivity index (χ0) is 23.8. The number of rotatable bonds is 5. The lowest BCUT2D eigenvalue weighted by Gasteiger charge is -2.31. The van der Waals surface area contributed by atoms with E-state index in [0.29, 0.717) is 59.0 Å². The van der Waals surface area contributed by atoms with E-state index in [4.69, 9.17) is 37.4 Å². The fourth-order valence-electron chi connectivity index (χ4n) is 4.41. The van der Waals surface area contributed by atoms with Crippen LogP contribution in [-0.4, -0.2) is 72.8 Å². The van der Waals surface area contributed by atoms with Crippen LogP contribution in [0, 0.1) is 0 Å². The van der Waals surface area contributed by atoms with Gasteiger partial charge in [-0.05, 0) is 35.9 Å². The van der Waals surface area contributed by atoms with Crippen LogP contribution < -0.4 is 9.47 Å². The Balaban J connectivity index is 1.55. The third-order valence-electron chi connectivity index (χ3n) is 6.21. The number of fused-ring (bicyclic) bond motifs is 1. The summed E-state index contributed by atoms with van der Waals surface area (Å²) in [5, 5.41) is 11.9. The van der Waals surface area contributed by atoms with Crippen molar-refractivity contribution in [3.8, 4) is 11.5 Å². The van der Waals surface area contributed by atoms with Crippen molar-refractivity contribution in [3.05, 3.63) is 63.1 Å². The minimum absolute atomic E-state index is 0.00997. The maximum absolute atomic E-state index is 13.2. The van der Waals surface area contributed by atoms with Gasteiger partial charge in [-0.25, -0.2) is 0 Å². The number of aliphatic hydroxyl groups is 1. The zero-order valence-electron chi connectivity index (χ0n) is 18.1. The Morgan fingerprint density at radius 2 is 1.74 bits per heavy atom. The van der Waals surface area contributed by atoms with Crippen LogP contribution in [0.4, 0.5) is 0 Å². The molecule has 0 bridgehead atoms. The first-order valence-corrected chi connectivity index (χ1v) is 11.6. The van der Waals surface area contributed by atoms with Crippen LogP contribution in [0.2, 0.25) is 10.0 Å². The largest absolute Gasteiger partial charge is 0.507 e. The van der Waals surface area contributed by atoms with E-state index in [1.165, 1.54) is 4.90 Å². The first-order chi connectivity index (χ1) is 16.4. The smallest absolute Gasteiger partial charge is 0.295 e. The van der Waals surface area contributed by atoms with Gasteiger partial charge >= 0.3 is 0 Å². The molecular formula is C24H22Cl2N2O6. The second kappa shape index (κ2) is 9.46. The maximum Gasteiger partial charge on any atom is 0.295 e. The highest BCUT2D eigenvalue weighted by atomic mass is 35.5. The quantitative estimate of drug-likeness (QED) is 0.378. The number of amides is 1. The summed E-state index contributed by atoms with van der Waals surface area (Å²) >= 11 is 12.4. The number of Topliss-reactive ketones (excluding diaryl/α,β-unsaturated/α-hetero) is 1. The summed E-state index contributed by atoms with van der Waals surface area (Å²) in [6.07, 6.45) is 0. The van der Waals surface area contributed by atoms with Gasteiger partial charge in [0.2, 0.25) is 6.79 Å². The summed E-state index contributed by atoms with van der Waals surface area (Å²) < 4.78 is 16.1. The molecule has 3 aliphatic heterocycles. The number of ketones is 1. The van der Waals surface area contributed by atoms with Gasteiger partial charge in [-0.3, -0.25) is 14.5 Å². The molecule has 1 atom stereocenters. The zero-order valence-corrected chi connectivity index (χ0v) is 19.6. The Morgan fingerprint density at radius 3 is 2.50 bits per heavy atom. The predicted molar refractivity (Wildman–Crippen MR) is 125 cm³/mol. The molecule has 10 heteroatoms. The molecule has 3 heterocycles. The van der Waals surface area contributed by atoms with Crippen LogP contribution in [0.1, 0.15) is 17.2 Å². The molecule has 2 aromatic rings. The van der Waals surface area contributed by atoms with Crippen LogP contribution in [0.25, 0.3) is 5.76 Å². The summed E-state index contributed by atoms with van der Waals surface area (Å²) in [6.45, 7) is 3.69. The van der Waals surface area contributed by atoms with Gasteiger partial charge in [-0.15, -0.1) is 0 Å². The van der Waals surface area contributed by atoms with Crippen molar-refractivity contribution in [2.45, 2.75) is 6.04 Å². The third-order valence-corrected chi connectivity index (χ3v) is 6.95. The number of hydrogen-bond acceptors (Lipinski definition) is 7. The molecular weight excluding hydrogens is 483 g/mol. The molecule has 3 aliphatic rings. The number of halogens is 2. The summed E-state index contributed by atoms with van der Waals surface area (Å²) in [5.74, 6) is -0.721. The molecule has 1 N–H and O–H groups in total. The van der Waals surface area contributed by atoms with Crippen molar-refractivity contribution in [2.24, 2.45) is 0 Å². The molecule has 0 saturated carbocycles. The highest BCUT2D eigenvalue weighted by molar-refractivity contribution is 6.46. The van der Waals surface area contributed by atoms with Crippen molar-refractivity contribution in [1.82, 2.24) is 9.80 Å². The second-order valence-electron chi connectivity index (χ2n) is 8.19. The lowest BCUT2D eigenvalue weighted by molar-refractivity contribution is -0.140. The number of carbonyl (C=O) groups excluding carboxylic acids is 2. The Bertz CT molecular complexity index is 1180. The van der Waals surface area contributed by atoms with Crippen molar-refractivity contribution in [1.29, 1.82) is 0 Å². The monoisotopic (exact) mass is 504 g/mol. The van der Waals surface area contributed by atoms with E-state index in [2.05, 4.69) is 4.90 Å². The summed E-state index contributed by atoms with van der Waals surface area (Å²) in [7, 11) is 0. The molecule has 0 aromatic heterocycles. The van der Waals surface area contributed by atoms with Crippen molar-refractivity contribution >= 4 is 40.7 Å². The third kappa shape index (κ3) is 4.22. The number of morpholine rings is 1. The van der Waals surface area contributed by atoms with Crippen molar-refractivity contribution in [2.75, 3.05) is 46.2 Å². The molecule has 1 unspecified atom stereocenters. The van der Waals surface area contributed by atoms with Gasteiger partial charge in [-0.2, -0.15) is 0 Å². The minimum atomic E-state index is -0.818. The number of aliphatic hydroxyl groups excluding tert-OH is 1. The van der Waals surface area contributed by atoms with E-state index in [9.17, 15) is 14.7 Å².